The largest absolute Gasteiger partial charge is 0.484 e. The summed E-state index contributed by atoms with van der Waals surface area (Å²) in [4.78, 5) is 27.6. The van der Waals surface area contributed by atoms with E-state index in [9.17, 15) is 14.0 Å². The number of benzene rings is 1. The quantitative estimate of drug-likeness (QED) is 0.308. The smallest absolute Gasteiger partial charge is 0.355 e. The maximum Gasteiger partial charge on any atom is 0.355 e. The van der Waals surface area contributed by atoms with E-state index in [0.717, 1.165) is 11.8 Å². The molecular formula is C20H20FN3O5S. The standard InChI is InChI=1S/C20H20FN3O5S/c1-4-27-19(26)18-11(2)17(12(3)22-18)15(25)10-30-20-24-23-16(29-20)9-28-14-7-5-13(21)6-8-14/h5-8,22H,4,9-10H2,1-3H3. The van der Waals surface area contributed by atoms with Crippen LogP contribution in [0.4, 0.5) is 4.39 Å². The van der Waals surface area contributed by atoms with E-state index in [1.54, 1.807) is 20.8 Å². The number of rotatable bonds is 9. The highest BCUT2D eigenvalue weighted by Crippen LogP contribution is 2.24. The van der Waals surface area contributed by atoms with Gasteiger partial charge in [0.15, 0.2) is 12.4 Å². The number of ether oxygens (including phenoxy) is 2. The van der Waals surface area contributed by atoms with E-state index >= 15 is 0 Å². The minimum absolute atomic E-state index is 0.0199. The Labute approximate surface area is 176 Å². The van der Waals surface area contributed by atoms with E-state index in [1.807, 2.05) is 0 Å². The third kappa shape index (κ3) is 5.07. The number of carbonyl (C=O) groups is 2. The van der Waals surface area contributed by atoms with Gasteiger partial charge in [0, 0.05) is 11.3 Å². The number of aryl methyl sites for hydroxylation is 1. The third-order valence-electron chi connectivity index (χ3n) is 4.15. The van der Waals surface area contributed by atoms with E-state index in [1.165, 1.54) is 24.3 Å². The Hall–Kier alpha value is -3.14. The lowest BCUT2D eigenvalue weighted by Crippen LogP contribution is -2.08. The number of aromatic amines is 1. The van der Waals surface area contributed by atoms with E-state index in [2.05, 4.69) is 15.2 Å². The molecule has 0 amide bonds. The number of thioether (sulfide) groups is 1. The normalized spacial score (nSPS) is 10.8. The average Bonchev–Trinajstić information content (AvgIpc) is 3.29. The van der Waals surface area contributed by atoms with Gasteiger partial charge >= 0.3 is 5.97 Å². The second-order valence-electron chi connectivity index (χ2n) is 6.26. The minimum Gasteiger partial charge on any atom is -0.484 e. The fourth-order valence-corrected chi connectivity index (χ4v) is 3.46. The number of Topliss-reactive ketones (excluding diaryl/α,β-unsaturated/α-hetero) is 1. The second-order valence-corrected chi connectivity index (χ2v) is 7.19. The van der Waals surface area contributed by atoms with Gasteiger partial charge in [-0.15, -0.1) is 10.2 Å². The van der Waals surface area contributed by atoms with Gasteiger partial charge in [0.25, 0.3) is 11.1 Å². The molecule has 0 atom stereocenters. The summed E-state index contributed by atoms with van der Waals surface area (Å²) in [5.74, 6) is -0.271. The molecule has 1 aromatic carbocycles. The number of aromatic nitrogens is 3. The van der Waals surface area contributed by atoms with Crippen molar-refractivity contribution in [2.75, 3.05) is 12.4 Å². The molecule has 30 heavy (non-hydrogen) atoms. The molecule has 0 aliphatic carbocycles. The fraction of sp³-hybridized carbons (Fsp3) is 0.300. The Kier molecular flexibility index (Phi) is 6.88. The van der Waals surface area contributed by atoms with Crippen LogP contribution in [0.1, 0.15) is 44.9 Å². The average molecular weight is 433 g/mol. The molecule has 3 rings (SSSR count). The molecule has 8 nitrogen and oxygen atoms in total. The summed E-state index contributed by atoms with van der Waals surface area (Å²) in [5, 5.41) is 7.97. The number of esters is 1. The number of hydrogen-bond acceptors (Lipinski definition) is 8. The van der Waals surface area contributed by atoms with Crippen molar-refractivity contribution in [3.63, 3.8) is 0 Å². The van der Waals surface area contributed by atoms with Crippen LogP contribution in [0, 0.1) is 19.7 Å². The van der Waals surface area contributed by atoms with Crippen LogP contribution in [0.5, 0.6) is 5.75 Å². The highest BCUT2D eigenvalue weighted by Gasteiger charge is 2.23. The zero-order valence-corrected chi connectivity index (χ0v) is 17.5. The molecule has 0 aliphatic rings. The van der Waals surface area contributed by atoms with Crippen molar-refractivity contribution in [2.24, 2.45) is 0 Å². The number of carbonyl (C=O) groups excluding carboxylic acids is 2. The van der Waals surface area contributed by atoms with Crippen LogP contribution in [-0.2, 0) is 11.3 Å². The van der Waals surface area contributed by atoms with E-state index in [4.69, 9.17) is 13.9 Å². The van der Waals surface area contributed by atoms with Gasteiger partial charge in [-0.25, -0.2) is 9.18 Å². The Morgan fingerprint density at radius 3 is 2.63 bits per heavy atom. The predicted octanol–water partition coefficient (Wildman–Crippen LogP) is 3.88. The maximum atomic E-state index is 12.9. The Morgan fingerprint density at radius 2 is 1.93 bits per heavy atom. The molecule has 0 saturated carbocycles. The van der Waals surface area contributed by atoms with Crippen LogP contribution in [0.15, 0.2) is 33.9 Å². The number of H-pyrrole nitrogens is 1. The molecule has 0 spiro atoms. The van der Waals surface area contributed by atoms with Gasteiger partial charge in [0.05, 0.1) is 12.4 Å². The highest BCUT2D eigenvalue weighted by atomic mass is 32.2. The lowest BCUT2D eigenvalue weighted by molar-refractivity contribution is 0.0519. The zero-order chi connectivity index (χ0) is 21.7. The number of halogens is 1. The molecule has 0 radical (unpaired) electrons. The van der Waals surface area contributed by atoms with Crippen LogP contribution in [0.3, 0.4) is 0 Å². The van der Waals surface area contributed by atoms with E-state index < -0.39 is 5.97 Å². The second kappa shape index (κ2) is 9.57. The molecule has 3 aromatic rings. The van der Waals surface area contributed by atoms with Crippen molar-refractivity contribution in [3.05, 3.63) is 58.5 Å². The first kappa shape index (κ1) is 21.6. The zero-order valence-electron chi connectivity index (χ0n) is 16.7. The van der Waals surface area contributed by atoms with Crippen molar-refractivity contribution < 1.29 is 27.9 Å². The lowest BCUT2D eigenvalue weighted by Gasteiger charge is -2.02. The number of nitrogens with zero attached hydrogens (tertiary/aromatic N) is 2. The van der Waals surface area contributed by atoms with Crippen molar-refractivity contribution in [2.45, 2.75) is 32.6 Å². The molecule has 10 heteroatoms. The first-order valence-electron chi connectivity index (χ1n) is 9.12. The molecule has 0 unspecified atom stereocenters. The van der Waals surface area contributed by atoms with E-state index in [0.29, 0.717) is 22.6 Å². The third-order valence-corrected chi connectivity index (χ3v) is 4.97. The van der Waals surface area contributed by atoms with Crippen molar-refractivity contribution >= 4 is 23.5 Å². The van der Waals surface area contributed by atoms with Crippen LogP contribution in [0.25, 0.3) is 0 Å². The van der Waals surface area contributed by atoms with Crippen molar-refractivity contribution in [3.8, 4) is 5.75 Å². The molecule has 2 heterocycles. The number of ketones is 1. The summed E-state index contributed by atoms with van der Waals surface area (Å²) in [6.07, 6.45) is 0. The Balaban J connectivity index is 1.58. The summed E-state index contributed by atoms with van der Waals surface area (Å²) in [5.41, 5.74) is 1.88. The fourth-order valence-electron chi connectivity index (χ4n) is 2.81. The molecule has 0 aliphatic heterocycles. The van der Waals surface area contributed by atoms with E-state index in [-0.39, 0.29) is 47.4 Å². The summed E-state index contributed by atoms with van der Waals surface area (Å²) >= 11 is 1.09. The summed E-state index contributed by atoms with van der Waals surface area (Å²) < 4.78 is 28.8. The number of nitrogens with one attached hydrogen (secondary N) is 1. The SMILES string of the molecule is CCOC(=O)c1[nH]c(C)c(C(=O)CSc2nnc(COc3ccc(F)cc3)o2)c1C. The molecule has 1 N–H and O–H groups in total. The summed E-state index contributed by atoms with van der Waals surface area (Å²) in [7, 11) is 0. The van der Waals surface area contributed by atoms with Gasteiger partial charge in [-0.3, -0.25) is 4.79 Å². The molecule has 0 bridgehead atoms. The monoisotopic (exact) mass is 433 g/mol. The first-order chi connectivity index (χ1) is 14.4. The molecule has 0 fully saturated rings. The van der Waals surface area contributed by atoms with Gasteiger partial charge in [-0.1, -0.05) is 11.8 Å². The van der Waals surface area contributed by atoms with Crippen LogP contribution >= 0.6 is 11.8 Å². The van der Waals surface area contributed by atoms with Gasteiger partial charge in [-0.05, 0) is 50.6 Å². The molecule has 2 aromatic heterocycles. The first-order valence-corrected chi connectivity index (χ1v) is 10.1. The van der Waals surface area contributed by atoms with Crippen molar-refractivity contribution in [1.29, 1.82) is 0 Å². The van der Waals surface area contributed by atoms with Gasteiger partial charge in [-0.2, -0.15) is 0 Å². The van der Waals surface area contributed by atoms with Crippen LogP contribution in [-0.4, -0.2) is 39.3 Å². The predicted molar refractivity (Wildman–Crippen MR) is 106 cm³/mol. The summed E-state index contributed by atoms with van der Waals surface area (Å²) in [6.45, 7) is 5.41. The Morgan fingerprint density at radius 1 is 1.20 bits per heavy atom. The Bertz CT molecular complexity index is 1050. The van der Waals surface area contributed by atoms with Crippen molar-refractivity contribution in [1.82, 2.24) is 15.2 Å². The summed E-state index contributed by atoms with van der Waals surface area (Å²) in [6, 6.07) is 5.56. The number of hydrogen-bond donors (Lipinski definition) is 1. The van der Waals surface area contributed by atoms with Crippen LogP contribution in [0.2, 0.25) is 0 Å². The lowest BCUT2D eigenvalue weighted by atomic mass is 10.1. The van der Waals surface area contributed by atoms with Gasteiger partial charge < -0.3 is 18.9 Å². The topological polar surface area (TPSA) is 107 Å². The molecule has 158 valence electrons. The van der Waals surface area contributed by atoms with Gasteiger partial charge in [0.1, 0.15) is 17.3 Å². The molecular weight excluding hydrogens is 413 g/mol. The maximum absolute atomic E-state index is 12.9. The highest BCUT2D eigenvalue weighted by molar-refractivity contribution is 7.99. The van der Waals surface area contributed by atoms with Gasteiger partial charge in [0.2, 0.25) is 0 Å². The minimum atomic E-state index is -0.493. The molecule has 0 saturated heterocycles. The van der Waals surface area contributed by atoms with Crippen LogP contribution < -0.4 is 4.74 Å².